The molecule has 0 radical (unpaired) electrons. The van der Waals surface area contributed by atoms with Crippen molar-refractivity contribution in [2.75, 3.05) is 6.61 Å². The average molecular weight is 333 g/mol. The maximum absolute atomic E-state index is 6.10. The minimum Gasteiger partial charge on any atom is -0.493 e. The zero-order valence-corrected chi connectivity index (χ0v) is 14.5. The van der Waals surface area contributed by atoms with Gasteiger partial charge in [-0.3, -0.25) is 0 Å². The molecular formula is C21H19NOS. The van der Waals surface area contributed by atoms with E-state index < -0.39 is 0 Å². The molecule has 0 bridgehead atoms. The molecule has 0 fully saturated rings. The number of rotatable bonds is 5. The first kappa shape index (κ1) is 15.2. The summed E-state index contributed by atoms with van der Waals surface area (Å²) in [5, 5.41) is 3.44. The zero-order chi connectivity index (χ0) is 16.4. The van der Waals surface area contributed by atoms with Gasteiger partial charge in [-0.2, -0.15) is 0 Å². The van der Waals surface area contributed by atoms with Gasteiger partial charge in [0.15, 0.2) is 0 Å². The SMILES string of the molecule is CCCCOc1ccc2ccccc2c1-c1nc2ccccc2s1. The van der Waals surface area contributed by atoms with E-state index in [-0.39, 0.29) is 0 Å². The van der Waals surface area contributed by atoms with Gasteiger partial charge in [0, 0.05) is 0 Å². The van der Waals surface area contributed by atoms with E-state index in [4.69, 9.17) is 9.72 Å². The van der Waals surface area contributed by atoms with Crippen molar-refractivity contribution >= 4 is 32.3 Å². The van der Waals surface area contributed by atoms with Crippen LogP contribution in [-0.2, 0) is 0 Å². The van der Waals surface area contributed by atoms with E-state index in [0.717, 1.165) is 41.3 Å². The molecular weight excluding hydrogens is 314 g/mol. The van der Waals surface area contributed by atoms with Crippen molar-refractivity contribution in [2.45, 2.75) is 19.8 Å². The number of hydrogen-bond donors (Lipinski definition) is 0. The highest BCUT2D eigenvalue weighted by molar-refractivity contribution is 7.21. The second-order valence-corrected chi connectivity index (χ2v) is 6.88. The molecule has 0 atom stereocenters. The lowest BCUT2D eigenvalue weighted by Crippen LogP contribution is -1.98. The standard InChI is InChI=1S/C21H19NOS/c1-2-3-14-23-18-13-12-15-8-4-5-9-16(15)20(18)21-22-17-10-6-7-11-19(17)24-21/h4-13H,2-3,14H2,1H3. The van der Waals surface area contributed by atoms with Crippen molar-refractivity contribution in [3.05, 3.63) is 60.7 Å². The molecule has 2 nitrogen and oxygen atoms in total. The Kier molecular flexibility index (Phi) is 4.18. The fourth-order valence-electron chi connectivity index (χ4n) is 2.90. The van der Waals surface area contributed by atoms with Crippen LogP contribution >= 0.6 is 11.3 Å². The maximum Gasteiger partial charge on any atom is 0.130 e. The second-order valence-electron chi connectivity index (χ2n) is 5.85. The van der Waals surface area contributed by atoms with E-state index in [2.05, 4.69) is 61.5 Å². The Morgan fingerprint density at radius 1 is 0.958 bits per heavy atom. The molecule has 0 aliphatic heterocycles. The lowest BCUT2D eigenvalue weighted by Gasteiger charge is -2.12. The number of nitrogens with zero attached hydrogens (tertiary/aromatic N) is 1. The number of para-hydroxylation sites is 1. The van der Waals surface area contributed by atoms with Crippen LogP contribution < -0.4 is 4.74 Å². The second kappa shape index (κ2) is 6.62. The maximum atomic E-state index is 6.10. The normalized spacial score (nSPS) is 11.2. The molecule has 0 saturated heterocycles. The van der Waals surface area contributed by atoms with Crippen molar-refractivity contribution in [1.29, 1.82) is 0 Å². The first-order valence-corrected chi connectivity index (χ1v) is 9.19. The summed E-state index contributed by atoms with van der Waals surface area (Å²) >= 11 is 1.73. The largest absolute Gasteiger partial charge is 0.493 e. The summed E-state index contributed by atoms with van der Waals surface area (Å²) in [6.07, 6.45) is 2.19. The molecule has 4 rings (SSSR count). The number of hydrogen-bond acceptors (Lipinski definition) is 3. The van der Waals surface area contributed by atoms with Gasteiger partial charge in [-0.1, -0.05) is 55.8 Å². The minimum absolute atomic E-state index is 0.743. The predicted octanol–water partition coefficient (Wildman–Crippen LogP) is 6.30. The molecule has 0 spiro atoms. The highest BCUT2D eigenvalue weighted by atomic mass is 32.1. The molecule has 0 saturated carbocycles. The number of ether oxygens (including phenoxy) is 1. The van der Waals surface area contributed by atoms with Crippen LogP contribution in [0.3, 0.4) is 0 Å². The smallest absolute Gasteiger partial charge is 0.130 e. The molecule has 1 heterocycles. The quantitative estimate of drug-likeness (QED) is 0.400. The lowest BCUT2D eigenvalue weighted by molar-refractivity contribution is 0.311. The molecule has 0 aliphatic rings. The Hall–Kier alpha value is -2.39. The van der Waals surface area contributed by atoms with Crippen LogP contribution in [0, 0.1) is 0 Å². The summed E-state index contributed by atoms with van der Waals surface area (Å²) in [6, 6.07) is 21.0. The topological polar surface area (TPSA) is 22.1 Å². The first-order chi connectivity index (χ1) is 11.9. The van der Waals surface area contributed by atoms with Crippen LogP contribution in [0.1, 0.15) is 19.8 Å². The minimum atomic E-state index is 0.743. The predicted molar refractivity (Wildman–Crippen MR) is 103 cm³/mol. The van der Waals surface area contributed by atoms with Gasteiger partial charge in [-0.25, -0.2) is 4.98 Å². The number of thiazole rings is 1. The summed E-state index contributed by atoms with van der Waals surface area (Å²) in [6.45, 7) is 2.92. The Morgan fingerprint density at radius 2 is 1.79 bits per heavy atom. The van der Waals surface area contributed by atoms with E-state index in [9.17, 15) is 0 Å². The zero-order valence-electron chi connectivity index (χ0n) is 13.7. The molecule has 0 unspecified atom stereocenters. The van der Waals surface area contributed by atoms with E-state index in [0.29, 0.717) is 0 Å². The van der Waals surface area contributed by atoms with Crippen molar-refractivity contribution in [3.63, 3.8) is 0 Å². The van der Waals surface area contributed by atoms with Gasteiger partial charge in [0.2, 0.25) is 0 Å². The highest BCUT2D eigenvalue weighted by Gasteiger charge is 2.15. The van der Waals surface area contributed by atoms with Gasteiger partial charge in [-0.15, -0.1) is 11.3 Å². The van der Waals surface area contributed by atoms with Gasteiger partial charge in [0.05, 0.1) is 22.4 Å². The Morgan fingerprint density at radius 3 is 2.67 bits per heavy atom. The molecule has 0 amide bonds. The number of aromatic nitrogens is 1. The summed E-state index contributed by atoms with van der Waals surface area (Å²) in [4.78, 5) is 4.86. The summed E-state index contributed by atoms with van der Waals surface area (Å²) in [7, 11) is 0. The van der Waals surface area contributed by atoms with E-state index in [1.165, 1.54) is 15.5 Å². The lowest BCUT2D eigenvalue weighted by atomic mass is 10.0. The third kappa shape index (κ3) is 2.76. The summed E-state index contributed by atoms with van der Waals surface area (Å²) in [5.74, 6) is 0.932. The molecule has 0 N–H and O–H groups in total. The molecule has 1 aromatic heterocycles. The van der Waals surface area contributed by atoms with E-state index >= 15 is 0 Å². The van der Waals surface area contributed by atoms with Crippen LogP contribution in [-0.4, -0.2) is 11.6 Å². The third-order valence-corrected chi connectivity index (χ3v) is 5.21. The van der Waals surface area contributed by atoms with Crippen molar-refractivity contribution < 1.29 is 4.74 Å². The Bertz CT molecular complexity index is 956. The van der Waals surface area contributed by atoms with Crippen LogP contribution in [0.25, 0.3) is 31.6 Å². The Labute approximate surface area is 145 Å². The molecule has 24 heavy (non-hydrogen) atoms. The molecule has 120 valence electrons. The van der Waals surface area contributed by atoms with Crippen LogP contribution in [0.5, 0.6) is 5.75 Å². The van der Waals surface area contributed by atoms with E-state index in [1.54, 1.807) is 11.3 Å². The van der Waals surface area contributed by atoms with Crippen LogP contribution in [0.2, 0.25) is 0 Å². The van der Waals surface area contributed by atoms with Gasteiger partial charge in [0.1, 0.15) is 10.8 Å². The molecule has 4 aromatic rings. The van der Waals surface area contributed by atoms with Gasteiger partial charge in [-0.05, 0) is 35.4 Å². The fourth-order valence-corrected chi connectivity index (χ4v) is 3.93. The van der Waals surface area contributed by atoms with Crippen LogP contribution in [0.4, 0.5) is 0 Å². The molecule has 0 aliphatic carbocycles. The number of unbranched alkanes of at least 4 members (excludes halogenated alkanes) is 1. The molecule has 3 heteroatoms. The number of fused-ring (bicyclic) bond motifs is 2. The van der Waals surface area contributed by atoms with Crippen LogP contribution in [0.15, 0.2) is 60.7 Å². The van der Waals surface area contributed by atoms with E-state index in [1.807, 2.05) is 6.07 Å². The van der Waals surface area contributed by atoms with Crippen molar-refractivity contribution in [2.24, 2.45) is 0 Å². The first-order valence-electron chi connectivity index (χ1n) is 8.37. The van der Waals surface area contributed by atoms with Crippen molar-refractivity contribution in [3.8, 4) is 16.3 Å². The number of benzene rings is 3. The van der Waals surface area contributed by atoms with Crippen molar-refractivity contribution in [1.82, 2.24) is 4.98 Å². The monoisotopic (exact) mass is 333 g/mol. The van der Waals surface area contributed by atoms with Gasteiger partial charge in [0.25, 0.3) is 0 Å². The molecule has 3 aromatic carbocycles. The average Bonchev–Trinajstić information content (AvgIpc) is 3.05. The third-order valence-electron chi connectivity index (χ3n) is 4.15. The summed E-state index contributed by atoms with van der Waals surface area (Å²) < 4.78 is 7.31. The van der Waals surface area contributed by atoms with Gasteiger partial charge >= 0.3 is 0 Å². The summed E-state index contributed by atoms with van der Waals surface area (Å²) in [5.41, 5.74) is 2.16. The van der Waals surface area contributed by atoms with Gasteiger partial charge < -0.3 is 4.74 Å². The highest BCUT2D eigenvalue weighted by Crippen LogP contribution is 2.40. The Balaban J connectivity index is 1.91. The fraction of sp³-hybridized carbons (Fsp3) is 0.190.